The van der Waals surface area contributed by atoms with E-state index in [0.717, 1.165) is 21.6 Å². The molecule has 0 unspecified atom stereocenters. The molecule has 0 bridgehead atoms. The molecule has 0 fully saturated rings. The predicted molar refractivity (Wildman–Crippen MR) is 103 cm³/mol. The van der Waals surface area contributed by atoms with Crippen LogP contribution >= 0.6 is 11.3 Å². The molecular weight excluding hydrogens is 354 g/mol. The van der Waals surface area contributed by atoms with Crippen molar-refractivity contribution in [2.24, 2.45) is 0 Å². The van der Waals surface area contributed by atoms with Gasteiger partial charge in [0.25, 0.3) is 5.69 Å². The fraction of sp³-hybridized carbons (Fsp3) is 0.111. The summed E-state index contributed by atoms with van der Waals surface area (Å²) < 4.78 is 2.48. The fourth-order valence-electron chi connectivity index (χ4n) is 2.54. The van der Waals surface area contributed by atoms with E-state index in [0.29, 0.717) is 17.8 Å². The van der Waals surface area contributed by atoms with E-state index >= 15 is 0 Å². The Balaban J connectivity index is 1.75. The predicted octanol–water partition coefficient (Wildman–Crippen LogP) is 3.64. The van der Waals surface area contributed by atoms with Crippen LogP contribution in [0.4, 0.5) is 11.4 Å². The third kappa shape index (κ3) is 3.70. The van der Waals surface area contributed by atoms with Crippen molar-refractivity contribution in [2.75, 3.05) is 5.32 Å². The third-order valence-electron chi connectivity index (χ3n) is 3.76. The third-order valence-corrected chi connectivity index (χ3v) is 4.70. The molecule has 0 aliphatic carbocycles. The fourth-order valence-corrected chi connectivity index (χ4v) is 3.54. The number of nitro groups is 1. The number of aromatic nitrogens is 1. The largest absolute Gasteiger partial charge is 0.322 e. The molecule has 8 heteroatoms. The van der Waals surface area contributed by atoms with Crippen molar-refractivity contribution in [3.05, 3.63) is 73.9 Å². The molecule has 0 spiro atoms. The number of carbonyl (C=O) groups is 1. The lowest BCUT2D eigenvalue weighted by Crippen LogP contribution is -2.10. The number of anilines is 1. The summed E-state index contributed by atoms with van der Waals surface area (Å²) in [5, 5.41) is 13.5. The number of hydrogen-bond donors (Lipinski definition) is 1. The van der Waals surface area contributed by atoms with E-state index in [9.17, 15) is 19.7 Å². The number of fused-ring (bicyclic) bond motifs is 1. The normalized spacial score (nSPS) is 11.1. The van der Waals surface area contributed by atoms with E-state index in [1.54, 1.807) is 34.9 Å². The molecule has 0 radical (unpaired) electrons. The number of carbonyl (C=O) groups excluding carboxylic acids is 1. The first-order valence-electron chi connectivity index (χ1n) is 7.85. The second kappa shape index (κ2) is 7.32. The van der Waals surface area contributed by atoms with Gasteiger partial charge in [0.2, 0.25) is 5.91 Å². The van der Waals surface area contributed by atoms with E-state index in [1.165, 1.54) is 24.3 Å². The standard InChI is InChI=1S/C18H15N3O4S/c1-2-20-15-8-7-13(11-16(15)26-18(20)23)19-17(22)9-6-12-4-3-5-14(10-12)21(24)25/h3-11H,2H2,1H3,(H,19,22)/b9-6+. The number of nitrogens with one attached hydrogen (secondary N) is 1. The van der Waals surface area contributed by atoms with Gasteiger partial charge in [0, 0.05) is 30.4 Å². The molecule has 0 saturated heterocycles. The molecule has 3 rings (SSSR count). The summed E-state index contributed by atoms with van der Waals surface area (Å²) in [6.45, 7) is 2.50. The minimum atomic E-state index is -0.486. The maximum Gasteiger partial charge on any atom is 0.308 e. The van der Waals surface area contributed by atoms with Crippen LogP contribution in [0.25, 0.3) is 16.3 Å². The van der Waals surface area contributed by atoms with Crippen LogP contribution in [-0.2, 0) is 11.3 Å². The molecule has 7 nitrogen and oxygen atoms in total. The van der Waals surface area contributed by atoms with Crippen molar-refractivity contribution < 1.29 is 9.72 Å². The number of aryl methyl sites for hydroxylation is 1. The lowest BCUT2D eigenvalue weighted by atomic mass is 10.2. The summed E-state index contributed by atoms with van der Waals surface area (Å²) in [7, 11) is 0. The van der Waals surface area contributed by atoms with Gasteiger partial charge in [-0.05, 0) is 36.8 Å². The summed E-state index contributed by atoms with van der Waals surface area (Å²) in [5.74, 6) is -0.363. The van der Waals surface area contributed by atoms with Crippen molar-refractivity contribution in [2.45, 2.75) is 13.5 Å². The number of hydrogen-bond acceptors (Lipinski definition) is 5. The van der Waals surface area contributed by atoms with E-state index in [1.807, 2.05) is 6.92 Å². The van der Waals surface area contributed by atoms with E-state index in [-0.39, 0.29) is 16.5 Å². The maximum absolute atomic E-state index is 12.1. The van der Waals surface area contributed by atoms with Crippen LogP contribution < -0.4 is 10.2 Å². The molecule has 132 valence electrons. The first-order valence-corrected chi connectivity index (χ1v) is 8.66. The molecule has 1 N–H and O–H groups in total. The van der Waals surface area contributed by atoms with Crippen LogP contribution in [0.2, 0.25) is 0 Å². The average Bonchev–Trinajstić information content (AvgIpc) is 2.94. The number of non-ortho nitro benzene ring substituents is 1. The van der Waals surface area contributed by atoms with Crippen LogP contribution in [0.15, 0.2) is 53.3 Å². The van der Waals surface area contributed by atoms with Gasteiger partial charge in [-0.15, -0.1) is 0 Å². The molecule has 2 aromatic carbocycles. The molecular formula is C18H15N3O4S. The van der Waals surface area contributed by atoms with Crippen molar-refractivity contribution in [3.8, 4) is 0 Å². The Morgan fingerprint density at radius 2 is 2.12 bits per heavy atom. The van der Waals surface area contributed by atoms with Crippen LogP contribution in [0, 0.1) is 10.1 Å². The zero-order valence-corrected chi connectivity index (χ0v) is 14.7. The Bertz CT molecular complexity index is 1080. The Labute approximate surface area is 152 Å². The summed E-state index contributed by atoms with van der Waals surface area (Å²) >= 11 is 1.13. The highest BCUT2D eigenvalue weighted by Crippen LogP contribution is 2.22. The molecule has 0 aliphatic heterocycles. The van der Waals surface area contributed by atoms with Crippen LogP contribution in [-0.4, -0.2) is 15.4 Å². The zero-order valence-electron chi connectivity index (χ0n) is 13.8. The highest BCUT2D eigenvalue weighted by atomic mass is 32.1. The van der Waals surface area contributed by atoms with Crippen molar-refractivity contribution >= 4 is 44.9 Å². The number of amides is 1. The molecule has 1 amide bonds. The van der Waals surface area contributed by atoms with Crippen molar-refractivity contribution in [1.82, 2.24) is 4.57 Å². The number of nitro benzene ring substituents is 1. The first kappa shape index (κ1) is 17.6. The van der Waals surface area contributed by atoms with Gasteiger partial charge in [0.1, 0.15) is 0 Å². The highest BCUT2D eigenvalue weighted by Gasteiger charge is 2.08. The SMILES string of the molecule is CCn1c(=O)sc2cc(NC(=O)/C=C/c3cccc([N+](=O)[O-])c3)ccc21. The molecule has 0 aliphatic rings. The topological polar surface area (TPSA) is 94.2 Å². The maximum atomic E-state index is 12.1. The highest BCUT2D eigenvalue weighted by molar-refractivity contribution is 7.16. The number of benzene rings is 2. The first-order chi connectivity index (χ1) is 12.5. The van der Waals surface area contributed by atoms with Gasteiger partial charge in [-0.2, -0.15) is 0 Å². The Morgan fingerprint density at radius 3 is 2.85 bits per heavy atom. The smallest absolute Gasteiger partial charge is 0.308 e. The van der Waals surface area contributed by atoms with Crippen LogP contribution in [0.3, 0.4) is 0 Å². The summed E-state index contributed by atoms with van der Waals surface area (Å²) in [6, 6.07) is 11.3. The summed E-state index contributed by atoms with van der Waals surface area (Å²) in [4.78, 5) is 34.2. The monoisotopic (exact) mass is 369 g/mol. The minimum absolute atomic E-state index is 0.0310. The van der Waals surface area contributed by atoms with Crippen LogP contribution in [0.5, 0.6) is 0 Å². The lowest BCUT2D eigenvalue weighted by molar-refractivity contribution is -0.384. The van der Waals surface area contributed by atoms with E-state index < -0.39 is 4.92 Å². The molecule has 1 heterocycles. The second-order valence-corrected chi connectivity index (χ2v) is 6.46. The van der Waals surface area contributed by atoms with Crippen molar-refractivity contribution in [3.63, 3.8) is 0 Å². The summed E-state index contributed by atoms with van der Waals surface area (Å²) in [6.07, 6.45) is 2.82. The number of thiazole rings is 1. The minimum Gasteiger partial charge on any atom is -0.322 e. The number of nitrogens with zero attached hydrogens (tertiary/aromatic N) is 2. The van der Waals surface area contributed by atoms with E-state index in [4.69, 9.17) is 0 Å². The van der Waals surface area contributed by atoms with Crippen molar-refractivity contribution in [1.29, 1.82) is 0 Å². The lowest BCUT2D eigenvalue weighted by Gasteiger charge is -2.03. The van der Waals surface area contributed by atoms with Gasteiger partial charge >= 0.3 is 4.87 Å². The Hall–Kier alpha value is -3.26. The Kier molecular flexibility index (Phi) is 4.94. The second-order valence-electron chi connectivity index (χ2n) is 5.47. The average molecular weight is 369 g/mol. The van der Waals surface area contributed by atoms with Gasteiger partial charge in [0.15, 0.2) is 0 Å². The molecule has 3 aromatic rings. The van der Waals surface area contributed by atoms with Gasteiger partial charge in [-0.3, -0.25) is 24.3 Å². The van der Waals surface area contributed by atoms with Gasteiger partial charge in [0.05, 0.1) is 15.1 Å². The van der Waals surface area contributed by atoms with Gasteiger partial charge in [-0.25, -0.2) is 0 Å². The van der Waals surface area contributed by atoms with Gasteiger partial charge < -0.3 is 5.32 Å². The molecule has 1 aromatic heterocycles. The molecule has 26 heavy (non-hydrogen) atoms. The summed E-state index contributed by atoms with van der Waals surface area (Å²) in [5.41, 5.74) is 1.94. The zero-order chi connectivity index (χ0) is 18.7. The van der Waals surface area contributed by atoms with Crippen LogP contribution in [0.1, 0.15) is 12.5 Å². The van der Waals surface area contributed by atoms with E-state index in [2.05, 4.69) is 5.32 Å². The molecule has 0 atom stereocenters. The quantitative estimate of drug-likeness (QED) is 0.422. The number of rotatable bonds is 5. The Morgan fingerprint density at radius 1 is 1.31 bits per heavy atom. The molecule has 0 saturated carbocycles. The van der Waals surface area contributed by atoms with Gasteiger partial charge in [-0.1, -0.05) is 23.5 Å².